The van der Waals surface area contributed by atoms with Crippen LogP contribution < -0.4 is 10.0 Å². The SMILES string of the molecule is CS(=O)(=O)Nc1ccc(C(=O)NCCc2cccs2)cc1. The molecule has 2 aromatic rings. The molecule has 0 aliphatic rings. The van der Waals surface area contributed by atoms with E-state index in [0.29, 0.717) is 17.8 Å². The van der Waals surface area contributed by atoms with Crippen LogP contribution in [-0.2, 0) is 16.4 Å². The lowest BCUT2D eigenvalue weighted by molar-refractivity contribution is 0.0954. The molecule has 0 radical (unpaired) electrons. The highest BCUT2D eigenvalue weighted by Gasteiger charge is 2.06. The van der Waals surface area contributed by atoms with Crippen LogP contribution in [0.15, 0.2) is 41.8 Å². The zero-order chi connectivity index (χ0) is 15.3. The third-order valence-corrected chi connectivity index (χ3v) is 4.23. The summed E-state index contributed by atoms with van der Waals surface area (Å²) in [5, 5.41) is 4.84. The number of hydrogen-bond acceptors (Lipinski definition) is 4. The van der Waals surface area contributed by atoms with Gasteiger partial charge in [0.15, 0.2) is 0 Å². The number of rotatable bonds is 6. The molecular weight excluding hydrogens is 308 g/mol. The average molecular weight is 324 g/mol. The molecule has 2 N–H and O–H groups in total. The Morgan fingerprint density at radius 2 is 1.90 bits per heavy atom. The van der Waals surface area contributed by atoms with E-state index in [9.17, 15) is 13.2 Å². The molecule has 112 valence electrons. The van der Waals surface area contributed by atoms with Crippen molar-refractivity contribution in [3.05, 3.63) is 52.2 Å². The summed E-state index contributed by atoms with van der Waals surface area (Å²) >= 11 is 1.66. The Hall–Kier alpha value is -1.86. The molecular formula is C14H16N2O3S2. The Morgan fingerprint density at radius 3 is 2.48 bits per heavy atom. The third-order valence-electron chi connectivity index (χ3n) is 2.69. The molecule has 0 unspecified atom stereocenters. The summed E-state index contributed by atoms with van der Waals surface area (Å²) in [6, 6.07) is 10.3. The minimum absolute atomic E-state index is 0.169. The fourth-order valence-corrected chi connectivity index (χ4v) is 3.03. The maximum Gasteiger partial charge on any atom is 0.251 e. The lowest BCUT2D eigenvalue weighted by Gasteiger charge is -2.06. The van der Waals surface area contributed by atoms with Crippen molar-refractivity contribution in [1.82, 2.24) is 5.32 Å². The van der Waals surface area contributed by atoms with Crippen LogP contribution in [0.3, 0.4) is 0 Å². The summed E-state index contributed by atoms with van der Waals surface area (Å²) < 4.78 is 24.5. The Kier molecular flexibility index (Phi) is 4.98. The molecule has 0 aliphatic carbocycles. The summed E-state index contributed by atoms with van der Waals surface area (Å²) in [5.74, 6) is -0.169. The first kappa shape index (κ1) is 15.5. The van der Waals surface area contributed by atoms with Gasteiger partial charge in [-0.05, 0) is 42.1 Å². The van der Waals surface area contributed by atoms with Crippen LogP contribution in [0, 0.1) is 0 Å². The predicted octanol–water partition coefficient (Wildman–Crippen LogP) is 2.09. The van der Waals surface area contributed by atoms with Gasteiger partial charge >= 0.3 is 0 Å². The number of benzene rings is 1. The lowest BCUT2D eigenvalue weighted by Crippen LogP contribution is -2.25. The van der Waals surface area contributed by atoms with Gasteiger partial charge < -0.3 is 5.32 Å². The first-order valence-electron chi connectivity index (χ1n) is 6.32. The van der Waals surface area contributed by atoms with Crippen LogP contribution in [0.25, 0.3) is 0 Å². The van der Waals surface area contributed by atoms with Gasteiger partial charge in [0.25, 0.3) is 5.91 Å². The second-order valence-corrected chi connectivity index (χ2v) is 7.32. The van der Waals surface area contributed by atoms with Crippen molar-refractivity contribution < 1.29 is 13.2 Å². The Balaban J connectivity index is 1.87. The van der Waals surface area contributed by atoms with Crippen molar-refractivity contribution in [3.8, 4) is 0 Å². The second kappa shape index (κ2) is 6.73. The van der Waals surface area contributed by atoms with Gasteiger partial charge in [0.05, 0.1) is 6.26 Å². The fraction of sp³-hybridized carbons (Fsp3) is 0.214. The minimum Gasteiger partial charge on any atom is -0.352 e. The van der Waals surface area contributed by atoms with E-state index in [1.165, 1.54) is 4.88 Å². The third kappa shape index (κ3) is 5.20. The zero-order valence-corrected chi connectivity index (χ0v) is 13.1. The van der Waals surface area contributed by atoms with E-state index < -0.39 is 10.0 Å². The maximum atomic E-state index is 11.9. The van der Waals surface area contributed by atoms with Crippen LogP contribution in [0.5, 0.6) is 0 Å². The number of amides is 1. The van der Waals surface area contributed by atoms with Gasteiger partial charge in [-0.3, -0.25) is 9.52 Å². The fourth-order valence-electron chi connectivity index (χ4n) is 1.76. The number of anilines is 1. The Labute approximate surface area is 128 Å². The van der Waals surface area contributed by atoms with Crippen molar-refractivity contribution in [2.75, 3.05) is 17.5 Å². The van der Waals surface area contributed by atoms with Crippen molar-refractivity contribution in [2.24, 2.45) is 0 Å². The minimum atomic E-state index is -3.30. The number of carbonyl (C=O) groups excluding carboxylic acids is 1. The predicted molar refractivity (Wildman–Crippen MR) is 85.3 cm³/mol. The maximum absolute atomic E-state index is 11.9. The summed E-state index contributed by atoms with van der Waals surface area (Å²) in [7, 11) is -3.30. The molecule has 1 amide bonds. The van der Waals surface area contributed by atoms with Gasteiger partial charge in [0.1, 0.15) is 0 Å². The summed E-state index contributed by atoms with van der Waals surface area (Å²) in [6.45, 7) is 0.572. The molecule has 0 saturated heterocycles. The topological polar surface area (TPSA) is 75.3 Å². The number of hydrogen-bond donors (Lipinski definition) is 2. The van der Waals surface area contributed by atoms with Gasteiger partial charge in [-0.25, -0.2) is 8.42 Å². The molecule has 2 rings (SSSR count). The van der Waals surface area contributed by atoms with Crippen LogP contribution in [0.4, 0.5) is 5.69 Å². The van der Waals surface area contributed by atoms with E-state index >= 15 is 0 Å². The van der Waals surface area contributed by atoms with Crippen molar-refractivity contribution in [2.45, 2.75) is 6.42 Å². The number of nitrogens with one attached hydrogen (secondary N) is 2. The summed E-state index contributed by atoms with van der Waals surface area (Å²) in [4.78, 5) is 13.1. The lowest BCUT2D eigenvalue weighted by atomic mass is 10.2. The van der Waals surface area contributed by atoms with E-state index in [2.05, 4.69) is 10.0 Å². The highest BCUT2D eigenvalue weighted by atomic mass is 32.2. The van der Waals surface area contributed by atoms with E-state index in [0.717, 1.165) is 12.7 Å². The van der Waals surface area contributed by atoms with Crippen LogP contribution in [0.1, 0.15) is 15.2 Å². The number of sulfonamides is 1. The van der Waals surface area contributed by atoms with Gasteiger partial charge in [-0.15, -0.1) is 11.3 Å². The molecule has 0 bridgehead atoms. The largest absolute Gasteiger partial charge is 0.352 e. The molecule has 0 aliphatic heterocycles. The smallest absolute Gasteiger partial charge is 0.251 e. The van der Waals surface area contributed by atoms with E-state index in [-0.39, 0.29) is 5.91 Å². The molecule has 21 heavy (non-hydrogen) atoms. The van der Waals surface area contributed by atoms with Crippen LogP contribution >= 0.6 is 11.3 Å². The first-order chi connectivity index (χ1) is 9.94. The zero-order valence-electron chi connectivity index (χ0n) is 11.5. The summed E-state index contributed by atoms with van der Waals surface area (Å²) in [5.41, 5.74) is 0.938. The highest BCUT2D eigenvalue weighted by Crippen LogP contribution is 2.11. The molecule has 7 heteroatoms. The van der Waals surface area contributed by atoms with Crippen molar-refractivity contribution in [3.63, 3.8) is 0 Å². The molecule has 1 heterocycles. The second-order valence-electron chi connectivity index (χ2n) is 4.54. The summed E-state index contributed by atoms with van der Waals surface area (Å²) in [6.07, 6.45) is 1.88. The molecule has 5 nitrogen and oxygen atoms in total. The quantitative estimate of drug-likeness (QED) is 0.854. The van der Waals surface area contributed by atoms with Crippen LogP contribution in [-0.4, -0.2) is 27.1 Å². The molecule has 0 fully saturated rings. The monoisotopic (exact) mass is 324 g/mol. The van der Waals surface area contributed by atoms with E-state index in [1.54, 1.807) is 35.6 Å². The highest BCUT2D eigenvalue weighted by molar-refractivity contribution is 7.92. The van der Waals surface area contributed by atoms with Gasteiger partial charge in [0, 0.05) is 22.7 Å². The van der Waals surface area contributed by atoms with Gasteiger partial charge in [-0.2, -0.15) is 0 Å². The Morgan fingerprint density at radius 1 is 1.19 bits per heavy atom. The van der Waals surface area contributed by atoms with Gasteiger partial charge in [-0.1, -0.05) is 6.07 Å². The number of carbonyl (C=O) groups is 1. The number of thiophene rings is 1. The molecule has 0 saturated carbocycles. The first-order valence-corrected chi connectivity index (χ1v) is 9.09. The van der Waals surface area contributed by atoms with E-state index in [4.69, 9.17) is 0 Å². The standard InChI is InChI=1S/C14H16N2O3S2/c1-21(18,19)16-12-6-4-11(5-7-12)14(17)15-9-8-13-3-2-10-20-13/h2-7,10,16H,8-9H2,1H3,(H,15,17). The molecule has 0 atom stereocenters. The Bertz CT molecular complexity index is 692. The van der Waals surface area contributed by atoms with Crippen molar-refractivity contribution >= 4 is 33.0 Å². The molecule has 1 aromatic carbocycles. The van der Waals surface area contributed by atoms with Gasteiger partial charge in [0.2, 0.25) is 10.0 Å². The van der Waals surface area contributed by atoms with Crippen molar-refractivity contribution in [1.29, 1.82) is 0 Å². The average Bonchev–Trinajstić information content (AvgIpc) is 2.91. The normalized spacial score (nSPS) is 11.1. The van der Waals surface area contributed by atoms with Crippen LogP contribution in [0.2, 0.25) is 0 Å². The van der Waals surface area contributed by atoms with E-state index in [1.807, 2.05) is 17.5 Å². The molecule has 0 spiro atoms. The molecule has 1 aromatic heterocycles.